The van der Waals surface area contributed by atoms with Gasteiger partial charge in [-0.3, -0.25) is 0 Å². The highest BCUT2D eigenvalue weighted by molar-refractivity contribution is 4.69. The molecule has 0 amide bonds. The maximum Gasteiger partial charge on any atom is 0.0897 e. The van der Waals surface area contributed by atoms with E-state index in [4.69, 9.17) is 4.74 Å². The lowest BCUT2D eigenvalue weighted by molar-refractivity contribution is -0.0478. The Morgan fingerprint density at radius 2 is 2.06 bits per heavy atom. The first kappa shape index (κ1) is 14.9. The molecule has 1 aliphatic rings. The molecule has 0 aliphatic carbocycles. The molecule has 1 atom stereocenters. The molecule has 0 spiro atoms. The van der Waals surface area contributed by atoms with Gasteiger partial charge >= 0.3 is 0 Å². The van der Waals surface area contributed by atoms with E-state index < -0.39 is 6.10 Å². The quantitative estimate of drug-likeness (QED) is 0.621. The standard InChI is InChI=1S/C13H28N2O2/c1-13(2,3)17-11-12(16)10-14-6-4-7-15-8-5-9-15/h12,14,16H,4-11H2,1-3H3/t12-/m1/s1. The Labute approximate surface area is 105 Å². The second-order valence-corrected chi connectivity index (χ2v) is 5.83. The fourth-order valence-corrected chi connectivity index (χ4v) is 1.71. The number of hydrogen-bond acceptors (Lipinski definition) is 4. The van der Waals surface area contributed by atoms with Gasteiger partial charge in [0.2, 0.25) is 0 Å². The summed E-state index contributed by atoms with van der Waals surface area (Å²) in [5.41, 5.74) is -0.168. The van der Waals surface area contributed by atoms with E-state index in [1.807, 2.05) is 20.8 Å². The average Bonchev–Trinajstić information content (AvgIpc) is 2.16. The van der Waals surface area contributed by atoms with Crippen molar-refractivity contribution in [2.75, 3.05) is 39.3 Å². The highest BCUT2D eigenvalue weighted by atomic mass is 16.5. The van der Waals surface area contributed by atoms with E-state index in [1.165, 1.54) is 26.1 Å². The summed E-state index contributed by atoms with van der Waals surface area (Å²) in [6, 6.07) is 0. The van der Waals surface area contributed by atoms with Gasteiger partial charge in [-0.15, -0.1) is 0 Å². The van der Waals surface area contributed by atoms with E-state index in [-0.39, 0.29) is 5.60 Å². The fraction of sp³-hybridized carbons (Fsp3) is 1.00. The summed E-state index contributed by atoms with van der Waals surface area (Å²) in [5, 5.41) is 12.9. The Morgan fingerprint density at radius 1 is 1.35 bits per heavy atom. The normalized spacial score (nSPS) is 19.1. The molecule has 0 aromatic carbocycles. The maximum atomic E-state index is 9.68. The monoisotopic (exact) mass is 244 g/mol. The summed E-state index contributed by atoms with van der Waals surface area (Å²) in [6.45, 7) is 11.7. The molecule has 0 radical (unpaired) electrons. The van der Waals surface area contributed by atoms with E-state index in [1.54, 1.807) is 0 Å². The first-order chi connectivity index (χ1) is 7.97. The predicted octanol–water partition coefficient (Wildman–Crippen LogP) is 0.848. The third-order valence-corrected chi connectivity index (χ3v) is 2.87. The molecule has 0 bridgehead atoms. The van der Waals surface area contributed by atoms with Gasteiger partial charge in [0.05, 0.1) is 18.3 Å². The third kappa shape index (κ3) is 7.71. The molecule has 2 N–H and O–H groups in total. The lowest BCUT2D eigenvalue weighted by atomic mass is 10.2. The molecule has 1 heterocycles. The minimum Gasteiger partial charge on any atom is -0.389 e. The van der Waals surface area contributed by atoms with Crippen LogP contribution in [0.2, 0.25) is 0 Å². The topological polar surface area (TPSA) is 44.7 Å². The average molecular weight is 244 g/mol. The third-order valence-electron chi connectivity index (χ3n) is 2.87. The highest BCUT2D eigenvalue weighted by Gasteiger charge is 2.14. The van der Waals surface area contributed by atoms with E-state index in [0.29, 0.717) is 13.2 Å². The van der Waals surface area contributed by atoms with E-state index in [2.05, 4.69) is 10.2 Å². The van der Waals surface area contributed by atoms with Gasteiger partial charge in [-0.2, -0.15) is 0 Å². The number of nitrogens with one attached hydrogen (secondary N) is 1. The number of hydrogen-bond donors (Lipinski definition) is 2. The van der Waals surface area contributed by atoms with Gasteiger partial charge in [-0.05, 0) is 59.8 Å². The van der Waals surface area contributed by atoms with Crippen LogP contribution in [-0.2, 0) is 4.74 Å². The minimum absolute atomic E-state index is 0.168. The number of aliphatic hydroxyl groups is 1. The molecule has 0 saturated carbocycles. The van der Waals surface area contributed by atoms with Crippen molar-refractivity contribution in [2.45, 2.75) is 45.3 Å². The largest absolute Gasteiger partial charge is 0.389 e. The Morgan fingerprint density at radius 3 is 2.59 bits per heavy atom. The number of nitrogens with zero attached hydrogens (tertiary/aromatic N) is 1. The zero-order valence-corrected chi connectivity index (χ0v) is 11.5. The molecular formula is C13H28N2O2. The summed E-state index contributed by atoms with van der Waals surface area (Å²) >= 11 is 0. The van der Waals surface area contributed by atoms with E-state index in [9.17, 15) is 5.11 Å². The Kier molecular flexibility index (Phi) is 6.41. The zero-order valence-electron chi connectivity index (χ0n) is 11.5. The van der Waals surface area contributed by atoms with Crippen molar-refractivity contribution in [1.29, 1.82) is 0 Å². The van der Waals surface area contributed by atoms with Gasteiger partial charge in [0, 0.05) is 6.54 Å². The Bertz CT molecular complexity index is 200. The van der Waals surface area contributed by atoms with E-state index in [0.717, 1.165) is 13.0 Å². The van der Waals surface area contributed by atoms with Gasteiger partial charge in [-0.25, -0.2) is 0 Å². The number of ether oxygens (including phenoxy) is 1. The molecular weight excluding hydrogens is 216 g/mol. The van der Waals surface area contributed by atoms with Crippen LogP contribution in [0.3, 0.4) is 0 Å². The first-order valence-electron chi connectivity index (χ1n) is 6.72. The molecule has 0 unspecified atom stereocenters. The smallest absolute Gasteiger partial charge is 0.0897 e. The summed E-state index contributed by atoms with van der Waals surface area (Å²) in [5.74, 6) is 0. The van der Waals surface area contributed by atoms with Crippen molar-refractivity contribution in [3.05, 3.63) is 0 Å². The van der Waals surface area contributed by atoms with E-state index >= 15 is 0 Å². The Hall–Kier alpha value is -0.160. The summed E-state index contributed by atoms with van der Waals surface area (Å²) in [7, 11) is 0. The van der Waals surface area contributed by atoms with Crippen LogP contribution < -0.4 is 5.32 Å². The Balaban J connectivity index is 1.87. The van der Waals surface area contributed by atoms with Gasteiger partial charge < -0.3 is 20.1 Å². The molecule has 1 fully saturated rings. The van der Waals surface area contributed by atoms with Gasteiger partial charge in [0.15, 0.2) is 0 Å². The molecule has 17 heavy (non-hydrogen) atoms. The molecule has 4 heteroatoms. The van der Waals surface area contributed by atoms with Gasteiger partial charge in [0.1, 0.15) is 0 Å². The minimum atomic E-state index is -0.404. The molecule has 1 aliphatic heterocycles. The van der Waals surface area contributed by atoms with Crippen LogP contribution in [0.25, 0.3) is 0 Å². The lowest BCUT2D eigenvalue weighted by Gasteiger charge is -2.30. The summed E-state index contributed by atoms with van der Waals surface area (Å²) in [6.07, 6.45) is 2.11. The first-order valence-corrected chi connectivity index (χ1v) is 6.72. The van der Waals surface area contributed by atoms with Crippen LogP contribution in [0.4, 0.5) is 0 Å². The second-order valence-electron chi connectivity index (χ2n) is 5.83. The van der Waals surface area contributed by atoms with Crippen molar-refractivity contribution in [2.24, 2.45) is 0 Å². The van der Waals surface area contributed by atoms with Crippen LogP contribution in [0, 0.1) is 0 Å². The lowest BCUT2D eigenvalue weighted by Crippen LogP contribution is -2.39. The van der Waals surface area contributed by atoms with Crippen LogP contribution in [-0.4, -0.2) is 61.0 Å². The summed E-state index contributed by atoms with van der Waals surface area (Å²) in [4.78, 5) is 2.46. The number of rotatable bonds is 8. The second kappa shape index (κ2) is 7.31. The fourth-order valence-electron chi connectivity index (χ4n) is 1.71. The maximum absolute atomic E-state index is 9.68. The van der Waals surface area contributed by atoms with Crippen molar-refractivity contribution in [3.63, 3.8) is 0 Å². The van der Waals surface area contributed by atoms with Gasteiger partial charge in [0.25, 0.3) is 0 Å². The van der Waals surface area contributed by atoms with Crippen molar-refractivity contribution in [1.82, 2.24) is 10.2 Å². The highest BCUT2D eigenvalue weighted by Crippen LogP contribution is 2.07. The van der Waals surface area contributed by atoms with Crippen LogP contribution in [0.1, 0.15) is 33.6 Å². The predicted molar refractivity (Wildman–Crippen MR) is 70.3 cm³/mol. The molecule has 1 rings (SSSR count). The van der Waals surface area contributed by atoms with Crippen LogP contribution in [0.15, 0.2) is 0 Å². The molecule has 4 nitrogen and oxygen atoms in total. The molecule has 102 valence electrons. The number of likely N-dealkylation sites (tertiary alicyclic amines) is 1. The van der Waals surface area contributed by atoms with Crippen molar-refractivity contribution >= 4 is 0 Å². The van der Waals surface area contributed by atoms with Crippen molar-refractivity contribution in [3.8, 4) is 0 Å². The summed E-state index contributed by atoms with van der Waals surface area (Å²) < 4.78 is 5.51. The SMILES string of the molecule is CC(C)(C)OC[C@H](O)CNCCCN1CCC1. The molecule has 0 aromatic rings. The van der Waals surface area contributed by atoms with Crippen molar-refractivity contribution < 1.29 is 9.84 Å². The molecule has 0 aromatic heterocycles. The molecule has 1 saturated heterocycles. The number of aliphatic hydroxyl groups excluding tert-OH is 1. The zero-order chi connectivity index (χ0) is 12.7. The van der Waals surface area contributed by atoms with Gasteiger partial charge in [-0.1, -0.05) is 0 Å². The van der Waals surface area contributed by atoms with Crippen LogP contribution in [0.5, 0.6) is 0 Å². The van der Waals surface area contributed by atoms with Crippen LogP contribution >= 0.6 is 0 Å².